The number of phenols is 1. The molecule has 3 fully saturated rings. The van der Waals surface area contributed by atoms with Crippen LogP contribution in [-0.2, 0) is 40.0 Å². The number of phenolic OH excluding ortho intramolecular Hbond substituents is 1. The highest BCUT2D eigenvalue weighted by atomic mass is 16.3. The van der Waals surface area contributed by atoms with Crippen LogP contribution in [0.2, 0.25) is 0 Å². The first-order chi connectivity index (χ1) is 37.5. The van der Waals surface area contributed by atoms with Gasteiger partial charge in [0.05, 0.1) is 55.7 Å². The largest absolute Gasteiger partial charge is 0.508 e. The van der Waals surface area contributed by atoms with Gasteiger partial charge in [-0.05, 0) is 62.1 Å². The molecule has 4 rings (SSSR count). The van der Waals surface area contributed by atoms with Crippen LogP contribution in [0.1, 0.15) is 123 Å². The Labute approximate surface area is 461 Å². The number of hydrogen-bond donors (Lipinski definition) is 13. The summed E-state index contributed by atoms with van der Waals surface area (Å²) < 4.78 is 0. The summed E-state index contributed by atoms with van der Waals surface area (Å²) in [5.74, 6) is -6.62. The molecule has 7 amide bonds. The minimum Gasteiger partial charge on any atom is -0.508 e. The zero-order chi connectivity index (χ0) is 58.5. The Kier molecular flexibility index (Phi) is 26.8. The number of unbranched alkanes of at least 4 members (excludes halogenated alkanes) is 5. The van der Waals surface area contributed by atoms with Crippen LogP contribution in [0, 0.1) is 34.5 Å². The molecule has 3 saturated heterocycles. The van der Waals surface area contributed by atoms with E-state index in [4.69, 9.17) is 0 Å². The molecule has 0 spiro atoms. The Balaban J connectivity index is 1.71. The lowest BCUT2D eigenvalue weighted by molar-refractivity contribution is -0.148. The normalized spacial score (nSPS) is 27.6. The Morgan fingerprint density at radius 3 is 1.96 bits per heavy atom. The van der Waals surface area contributed by atoms with Crippen LogP contribution in [-0.4, -0.2) is 209 Å². The molecule has 0 bridgehead atoms. The van der Waals surface area contributed by atoms with Gasteiger partial charge in [-0.15, -0.1) is 0 Å². The highest BCUT2D eigenvalue weighted by Gasteiger charge is 2.48. The van der Waals surface area contributed by atoms with Crippen molar-refractivity contribution in [2.24, 2.45) is 11.8 Å². The molecule has 2 unspecified atom stereocenters. The topological polar surface area (TPSA) is 399 Å². The maximum atomic E-state index is 14.7. The zero-order valence-electron chi connectivity index (χ0n) is 45.8. The number of aliphatic hydroxyl groups is 7. The maximum Gasteiger partial charge on any atom is 0.248 e. The van der Waals surface area contributed by atoms with Crippen molar-refractivity contribution >= 4 is 41.4 Å². The first-order valence-corrected chi connectivity index (χ1v) is 27.6. The number of aliphatic hydroxyl groups excluding tert-OH is 7. The first-order valence-electron chi connectivity index (χ1n) is 27.6. The number of hydrogen-bond acceptors (Lipinski definition) is 18. The second kappa shape index (κ2) is 32.3. The maximum absolute atomic E-state index is 14.7. The van der Waals surface area contributed by atoms with E-state index in [0.717, 1.165) is 55.2 Å². The molecule has 3 aliphatic rings. The van der Waals surface area contributed by atoms with Crippen molar-refractivity contribution in [2.45, 2.75) is 203 Å². The van der Waals surface area contributed by atoms with E-state index in [9.17, 15) is 84.9 Å². The number of fused-ring (bicyclic) bond motifs is 2. The SMILES string of the molecule is CCC(C)CC(C)CCCCCCCCC(=O)N[C@H]1C[C@@H](O)[C@@H](O)NC(=O)[C@@H]2[C@@H](O)CCN2C(=O)[C@H]([C@H](O)CCN(CC#N)CC#N)NC(=O)[C@H]([C@H](O)Cc2ccc(O)cc2)NC(=O)[C@@H]2C[C@@H](O)CN2C(=O)[C@H]([C@@H](C)O)NC1=O. The van der Waals surface area contributed by atoms with Crippen molar-refractivity contribution in [3.63, 3.8) is 0 Å². The zero-order valence-corrected chi connectivity index (χ0v) is 45.8. The molecule has 15 atom stereocenters. The summed E-state index contributed by atoms with van der Waals surface area (Å²) in [4.78, 5) is 103. The van der Waals surface area contributed by atoms with Crippen molar-refractivity contribution < 1.29 is 74.4 Å². The standard InChI is InChI=1S/C54H84N10O15/c1-5-31(2)26-32(3)12-10-8-6-7-9-11-13-43(72)57-37-29-42(71)50(75)61-52(77)47-40(69)19-23-63(47)54(79)46(39(68)18-22-62(24-20-55)25-21-56)60-51(76)45(41(70)27-34-14-16-35(66)17-15-34)59-49(74)38-28-36(67)30-64(38)53(78)44(33(4)65)58-48(37)73/h14-17,31-33,36-42,44-47,50,65-71,75H,5-13,18-19,22-30H2,1-4H3,(H,57,72)(H,58,73)(H,59,74)(H,60,76)(H,61,77)/t31?,32?,33-,36-,37+,38+,39-,40+,41-,42-,44+,45+,46+,47+,50-/m1/s1. The fourth-order valence-electron chi connectivity index (χ4n) is 10.3. The lowest BCUT2D eigenvalue weighted by Crippen LogP contribution is -2.64. The summed E-state index contributed by atoms with van der Waals surface area (Å²) in [7, 11) is 0. The van der Waals surface area contributed by atoms with Crippen molar-refractivity contribution in [1.29, 1.82) is 10.5 Å². The van der Waals surface area contributed by atoms with Crippen molar-refractivity contribution in [1.82, 2.24) is 41.3 Å². The van der Waals surface area contributed by atoms with Crippen LogP contribution in [0.4, 0.5) is 0 Å². The molecule has 0 aromatic heterocycles. The van der Waals surface area contributed by atoms with E-state index < -0.39 is 153 Å². The van der Waals surface area contributed by atoms with Crippen LogP contribution in [0.25, 0.3) is 0 Å². The smallest absolute Gasteiger partial charge is 0.248 e. The van der Waals surface area contributed by atoms with Gasteiger partial charge in [-0.1, -0.05) is 77.8 Å². The average Bonchev–Trinajstić information content (AvgIpc) is 4.05. The summed E-state index contributed by atoms with van der Waals surface area (Å²) in [6, 6.07) is -2.08. The van der Waals surface area contributed by atoms with Crippen LogP contribution in [0.5, 0.6) is 5.75 Å². The van der Waals surface area contributed by atoms with Gasteiger partial charge in [0, 0.05) is 45.3 Å². The van der Waals surface area contributed by atoms with Gasteiger partial charge in [-0.25, -0.2) is 0 Å². The third-order valence-electron chi connectivity index (χ3n) is 15.1. The number of nitriles is 2. The summed E-state index contributed by atoms with van der Waals surface area (Å²) in [6.45, 7) is 6.19. The fraction of sp³-hybridized carbons (Fsp3) is 0.722. The van der Waals surface area contributed by atoms with Crippen LogP contribution in [0.3, 0.4) is 0 Å². The minimum absolute atomic E-state index is 0.0641. The van der Waals surface area contributed by atoms with Crippen LogP contribution < -0.4 is 26.6 Å². The van der Waals surface area contributed by atoms with Gasteiger partial charge in [-0.3, -0.25) is 38.5 Å². The summed E-state index contributed by atoms with van der Waals surface area (Å²) in [5, 5.41) is 120. The Bertz CT molecular complexity index is 2250. The molecule has 1 aromatic carbocycles. The highest BCUT2D eigenvalue weighted by molar-refractivity contribution is 5.98. The predicted octanol–water partition coefficient (Wildman–Crippen LogP) is -1.97. The van der Waals surface area contributed by atoms with Gasteiger partial charge in [0.25, 0.3) is 0 Å². The Hall–Kier alpha value is -6.03. The molecular formula is C54H84N10O15. The monoisotopic (exact) mass is 1110 g/mol. The minimum atomic E-state index is -2.25. The van der Waals surface area contributed by atoms with E-state index >= 15 is 0 Å². The Morgan fingerprint density at radius 1 is 0.722 bits per heavy atom. The fourth-order valence-corrected chi connectivity index (χ4v) is 10.3. The summed E-state index contributed by atoms with van der Waals surface area (Å²) in [5.41, 5.74) is 0.335. The number of rotatable bonds is 23. The molecule has 25 nitrogen and oxygen atoms in total. The molecule has 3 heterocycles. The molecule has 3 aliphatic heterocycles. The molecule has 0 radical (unpaired) electrons. The molecule has 0 saturated carbocycles. The van der Waals surface area contributed by atoms with Gasteiger partial charge >= 0.3 is 0 Å². The molecular weight excluding hydrogens is 1030 g/mol. The lowest BCUT2D eigenvalue weighted by Gasteiger charge is -2.34. The molecule has 25 heteroatoms. The van der Waals surface area contributed by atoms with Crippen molar-refractivity contribution in [3.8, 4) is 17.9 Å². The number of aromatic hydroxyl groups is 1. The number of benzene rings is 1. The van der Waals surface area contributed by atoms with Crippen molar-refractivity contribution in [3.05, 3.63) is 29.8 Å². The number of nitrogens with one attached hydrogen (secondary N) is 5. The van der Waals surface area contributed by atoms with Gasteiger partial charge in [0.1, 0.15) is 48.1 Å². The average molecular weight is 1110 g/mol. The Morgan fingerprint density at radius 2 is 1.33 bits per heavy atom. The van der Waals surface area contributed by atoms with E-state index in [-0.39, 0.29) is 44.8 Å². The van der Waals surface area contributed by atoms with E-state index in [2.05, 4.69) is 47.4 Å². The van der Waals surface area contributed by atoms with E-state index in [1.54, 1.807) is 0 Å². The third kappa shape index (κ3) is 19.9. The first kappa shape index (κ1) is 65.5. The van der Waals surface area contributed by atoms with Gasteiger partial charge in [0.2, 0.25) is 41.4 Å². The second-order valence-electron chi connectivity index (χ2n) is 21.6. The molecule has 79 heavy (non-hydrogen) atoms. The molecule has 440 valence electrons. The number of carbonyl (C=O) groups excluding carboxylic acids is 7. The lowest BCUT2D eigenvalue weighted by atomic mass is 9.91. The number of nitrogens with zero attached hydrogens (tertiary/aromatic N) is 5. The molecule has 13 N–H and O–H groups in total. The third-order valence-corrected chi connectivity index (χ3v) is 15.1. The van der Waals surface area contributed by atoms with E-state index in [1.807, 2.05) is 12.1 Å². The van der Waals surface area contributed by atoms with Gasteiger partial charge in [-0.2, -0.15) is 10.5 Å². The predicted molar refractivity (Wildman–Crippen MR) is 283 cm³/mol. The van der Waals surface area contributed by atoms with E-state index in [0.29, 0.717) is 30.2 Å². The quantitative estimate of drug-likeness (QED) is 0.0418. The molecule has 1 aromatic rings. The second-order valence-corrected chi connectivity index (χ2v) is 21.6. The van der Waals surface area contributed by atoms with Gasteiger partial charge < -0.3 is 77.2 Å². The van der Waals surface area contributed by atoms with Gasteiger partial charge in [0.15, 0.2) is 6.23 Å². The van der Waals surface area contributed by atoms with Crippen LogP contribution >= 0.6 is 0 Å². The van der Waals surface area contributed by atoms with Crippen molar-refractivity contribution in [2.75, 3.05) is 32.7 Å². The number of carbonyl (C=O) groups is 7. The highest BCUT2D eigenvalue weighted by Crippen LogP contribution is 2.25. The van der Waals surface area contributed by atoms with E-state index in [1.165, 1.54) is 35.6 Å². The van der Waals surface area contributed by atoms with Crippen LogP contribution in [0.15, 0.2) is 24.3 Å². The summed E-state index contributed by atoms with van der Waals surface area (Å²) in [6.07, 6.45) is -6.69. The summed E-state index contributed by atoms with van der Waals surface area (Å²) >= 11 is 0. The molecule has 0 aliphatic carbocycles. The number of amides is 7.